The number of aryl methyl sites for hydroxylation is 2. The van der Waals surface area contributed by atoms with Crippen LogP contribution in [-0.4, -0.2) is 18.6 Å². The molecule has 3 N–H and O–H groups in total. The van der Waals surface area contributed by atoms with Gasteiger partial charge in [-0.15, -0.1) is 11.3 Å². The number of ether oxygens (including phenoxy) is 1. The lowest BCUT2D eigenvalue weighted by Crippen LogP contribution is -2.08. The van der Waals surface area contributed by atoms with Crippen LogP contribution in [-0.2, 0) is 0 Å². The van der Waals surface area contributed by atoms with E-state index in [4.69, 9.17) is 10.5 Å². The van der Waals surface area contributed by atoms with Crippen LogP contribution >= 0.6 is 11.3 Å². The summed E-state index contributed by atoms with van der Waals surface area (Å²) < 4.78 is 6.52. The zero-order chi connectivity index (χ0) is 20.0. The fraction of sp³-hybridized carbons (Fsp3) is 0.261. The molecule has 0 saturated heterocycles. The number of fused-ring (bicyclic) bond motifs is 3. The lowest BCUT2D eigenvalue weighted by atomic mass is 9.93. The van der Waals surface area contributed by atoms with Crippen molar-refractivity contribution >= 4 is 32.3 Å². The van der Waals surface area contributed by atoms with Gasteiger partial charge in [0.2, 0.25) is 0 Å². The van der Waals surface area contributed by atoms with Crippen LogP contribution in [0.3, 0.4) is 0 Å². The molecule has 144 valence electrons. The summed E-state index contributed by atoms with van der Waals surface area (Å²) in [5.74, 6) is 1.12. The van der Waals surface area contributed by atoms with Crippen molar-refractivity contribution in [2.24, 2.45) is 5.73 Å². The van der Waals surface area contributed by atoms with Crippen molar-refractivity contribution in [3.63, 3.8) is 0 Å². The Kier molecular flexibility index (Phi) is 4.73. The normalized spacial score (nSPS) is 12.6. The van der Waals surface area contributed by atoms with E-state index in [1.807, 2.05) is 19.9 Å². The lowest BCUT2D eigenvalue weighted by Gasteiger charge is -2.16. The average molecular weight is 393 g/mol. The molecule has 2 aromatic carbocycles. The van der Waals surface area contributed by atoms with E-state index in [2.05, 4.69) is 42.2 Å². The maximum Gasteiger partial charge on any atom is 0.266 e. The number of H-pyrrole nitrogens is 1. The van der Waals surface area contributed by atoms with Crippen molar-refractivity contribution in [3.05, 3.63) is 62.8 Å². The Hall–Kier alpha value is -2.63. The second kappa shape index (κ2) is 7.08. The fourth-order valence-corrected chi connectivity index (χ4v) is 4.73. The zero-order valence-electron chi connectivity index (χ0n) is 16.6. The molecule has 0 bridgehead atoms. The zero-order valence-corrected chi connectivity index (χ0v) is 17.4. The molecular weight excluding hydrogens is 368 g/mol. The number of aromatic nitrogens is 1. The van der Waals surface area contributed by atoms with E-state index in [1.54, 1.807) is 7.11 Å². The Morgan fingerprint density at radius 2 is 1.89 bits per heavy atom. The van der Waals surface area contributed by atoms with Gasteiger partial charge in [0.25, 0.3) is 5.56 Å². The summed E-state index contributed by atoms with van der Waals surface area (Å²) in [6.45, 7) is 6.78. The van der Waals surface area contributed by atoms with Crippen molar-refractivity contribution < 1.29 is 4.74 Å². The Bertz CT molecular complexity index is 1240. The second-order valence-corrected chi connectivity index (χ2v) is 8.59. The first-order valence-electron chi connectivity index (χ1n) is 9.38. The van der Waals surface area contributed by atoms with Gasteiger partial charge in [-0.2, -0.15) is 0 Å². The third-order valence-electron chi connectivity index (χ3n) is 5.40. The van der Waals surface area contributed by atoms with Gasteiger partial charge in [0, 0.05) is 21.2 Å². The molecule has 0 aliphatic carbocycles. The van der Waals surface area contributed by atoms with Crippen LogP contribution in [0.25, 0.3) is 32.1 Å². The molecule has 0 fully saturated rings. The first kappa shape index (κ1) is 18.7. The Morgan fingerprint density at radius 1 is 1.18 bits per heavy atom. The SMILES string of the molecule is COc1cc(C)c2[nH]c(=O)c3sc(C)cc3c2c1-c1ccc([C@@H](C)CN)cc1. The molecular formula is C23H24N2O2S. The maximum atomic E-state index is 12.6. The van der Waals surface area contributed by atoms with Gasteiger partial charge in [-0.05, 0) is 55.1 Å². The standard InChI is InChI=1S/C23H24N2O2S/c1-12-9-18(27-4)19(16-7-5-15(6-8-16)13(2)11-24)20-17-10-14(3)28-22(17)23(26)25-21(12)20/h5-10,13H,11,24H2,1-4H3,(H,25,26)/t13-/m0/s1. The van der Waals surface area contributed by atoms with E-state index in [1.165, 1.54) is 16.9 Å². The molecule has 28 heavy (non-hydrogen) atoms. The summed E-state index contributed by atoms with van der Waals surface area (Å²) in [6, 6.07) is 12.6. The minimum atomic E-state index is -0.0352. The number of thiophene rings is 1. The molecule has 0 saturated carbocycles. The largest absolute Gasteiger partial charge is 0.496 e. The summed E-state index contributed by atoms with van der Waals surface area (Å²) in [5.41, 5.74) is 10.9. The number of hydrogen-bond donors (Lipinski definition) is 2. The van der Waals surface area contributed by atoms with Crippen LogP contribution in [0, 0.1) is 13.8 Å². The van der Waals surface area contributed by atoms with Crippen LogP contribution in [0.4, 0.5) is 0 Å². The summed E-state index contributed by atoms with van der Waals surface area (Å²) in [4.78, 5) is 16.8. The average Bonchev–Trinajstić information content (AvgIpc) is 3.10. The van der Waals surface area contributed by atoms with E-state index in [-0.39, 0.29) is 5.56 Å². The molecule has 4 rings (SSSR count). The van der Waals surface area contributed by atoms with E-state index in [9.17, 15) is 4.79 Å². The first-order valence-corrected chi connectivity index (χ1v) is 10.2. The third-order valence-corrected chi connectivity index (χ3v) is 6.45. The van der Waals surface area contributed by atoms with Crippen LogP contribution in [0.2, 0.25) is 0 Å². The predicted molar refractivity (Wildman–Crippen MR) is 119 cm³/mol. The molecule has 1 atom stereocenters. The minimum absolute atomic E-state index is 0.0352. The highest BCUT2D eigenvalue weighted by Crippen LogP contribution is 2.42. The van der Waals surface area contributed by atoms with Crippen molar-refractivity contribution in [2.45, 2.75) is 26.7 Å². The van der Waals surface area contributed by atoms with Gasteiger partial charge in [-0.1, -0.05) is 31.2 Å². The first-order chi connectivity index (χ1) is 13.4. The molecule has 0 amide bonds. The van der Waals surface area contributed by atoms with Crippen molar-refractivity contribution in [2.75, 3.05) is 13.7 Å². The molecule has 2 heterocycles. The third kappa shape index (κ3) is 2.91. The number of nitrogens with two attached hydrogens (primary N) is 1. The number of nitrogens with one attached hydrogen (secondary N) is 1. The lowest BCUT2D eigenvalue weighted by molar-refractivity contribution is 0.416. The fourth-order valence-electron chi connectivity index (χ4n) is 3.82. The summed E-state index contributed by atoms with van der Waals surface area (Å²) in [6.07, 6.45) is 0. The molecule has 5 heteroatoms. The van der Waals surface area contributed by atoms with Crippen molar-refractivity contribution in [3.8, 4) is 16.9 Å². The number of hydrogen-bond acceptors (Lipinski definition) is 4. The number of aromatic amines is 1. The maximum absolute atomic E-state index is 12.6. The van der Waals surface area contributed by atoms with E-state index in [0.717, 1.165) is 48.3 Å². The monoisotopic (exact) mass is 392 g/mol. The van der Waals surface area contributed by atoms with Crippen LogP contribution in [0.15, 0.2) is 41.2 Å². The van der Waals surface area contributed by atoms with Gasteiger partial charge in [-0.25, -0.2) is 0 Å². The van der Waals surface area contributed by atoms with Gasteiger partial charge >= 0.3 is 0 Å². The Labute approximate surface area is 168 Å². The summed E-state index contributed by atoms with van der Waals surface area (Å²) in [5, 5.41) is 2.02. The Balaban J connectivity index is 2.11. The highest BCUT2D eigenvalue weighted by Gasteiger charge is 2.19. The molecule has 0 spiro atoms. The highest BCUT2D eigenvalue weighted by molar-refractivity contribution is 7.19. The quantitative estimate of drug-likeness (QED) is 0.508. The van der Waals surface area contributed by atoms with E-state index in [0.29, 0.717) is 12.5 Å². The molecule has 0 aliphatic heterocycles. The number of benzene rings is 2. The molecule has 4 nitrogen and oxygen atoms in total. The van der Waals surface area contributed by atoms with Crippen molar-refractivity contribution in [1.82, 2.24) is 4.98 Å². The second-order valence-electron chi connectivity index (χ2n) is 7.33. The van der Waals surface area contributed by atoms with E-state index >= 15 is 0 Å². The Morgan fingerprint density at radius 3 is 2.54 bits per heavy atom. The summed E-state index contributed by atoms with van der Waals surface area (Å²) >= 11 is 1.53. The van der Waals surface area contributed by atoms with Gasteiger partial charge < -0.3 is 15.5 Å². The van der Waals surface area contributed by atoms with Gasteiger partial charge in [-0.3, -0.25) is 4.79 Å². The van der Waals surface area contributed by atoms with Crippen LogP contribution in [0.1, 0.15) is 28.8 Å². The molecule has 4 aromatic rings. The number of methoxy groups -OCH3 is 1. The van der Waals surface area contributed by atoms with Crippen LogP contribution in [0.5, 0.6) is 5.75 Å². The molecule has 0 unspecified atom stereocenters. The highest BCUT2D eigenvalue weighted by atomic mass is 32.1. The molecule has 2 aromatic heterocycles. The number of rotatable bonds is 4. The summed E-state index contributed by atoms with van der Waals surface area (Å²) in [7, 11) is 1.69. The van der Waals surface area contributed by atoms with Gasteiger partial charge in [0.05, 0.1) is 12.6 Å². The predicted octanol–water partition coefficient (Wildman–Crippen LogP) is 5.10. The van der Waals surface area contributed by atoms with Crippen LogP contribution < -0.4 is 16.0 Å². The van der Waals surface area contributed by atoms with Gasteiger partial charge in [0.1, 0.15) is 10.4 Å². The number of pyridine rings is 1. The molecule has 0 aliphatic rings. The van der Waals surface area contributed by atoms with Gasteiger partial charge in [0.15, 0.2) is 0 Å². The van der Waals surface area contributed by atoms with E-state index < -0.39 is 0 Å². The van der Waals surface area contributed by atoms with Crippen molar-refractivity contribution in [1.29, 1.82) is 0 Å². The smallest absolute Gasteiger partial charge is 0.266 e. The minimum Gasteiger partial charge on any atom is -0.496 e. The topological polar surface area (TPSA) is 68.1 Å². The molecule has 0 radical (unpaired) electrons.